The maximum absolute atomic E-state index is 6.13. The average molecular weight is 223 g/mol. The second-order valence-corrected chi connectivity index (χ2v) is 11.8. The Morgan fingerprint density at radius 3 is 1.31 bits per heavy atom. The summed E-state index contributed by atoms with van der Waals surface area (Å²) in [5.74, 6) is 0. The van der Waals surface area contributed by atoms with E-state index in [0.29, 0.717) is 5.50 Å². The molecule has 0 aromatic rings. The van der Waals surface area contributed by atoms with Gasteiger partial charge in [0.15, 0.2) is 0 Å². The molecule has 0 aliphatic heterocycles. The summed E-state index contributed by atoms with van der Waals surface area (Å²) in [5.41, 5.74) is 0.663. The third kappa shape index (κ3) is 2.28. The Hall–Kier alpha value is 0.467. The van der Waals surface area contributed by atoms with E-state index in [1.807, 2.05) is 7.11 Å². The van der Waals surface area contributed by atoms with Crippen molar-refractivity contribution in [1.29, 1.82) is 0 Å². The molecule has 0 aliphatic rings. The quantitative estimate of drug-likeness (QED) is 0.508. The van der Waals surface area contributed by atoms with Gasteiger partial charge in [-0.15, -0.1) is 11.6 Å². The first-order chi connectivity index (χ1) is 5.62. The van der Waals surface area contributed by atoms with Gasteiger partial charge in [-0.2, -0.15) is 0 Å². The van der Waals surface area contributed by atoms with Gasteiger partial charge in [-0.1, -0.05) is 41.5 Å². The van der Waals surface area contributed by atoms with Crippen molar-refractivity contribution in [1.82, 2.24) is 0 Å². The monoisotopic (exact) mass is 222 g/mol. The lowest BCUT2D eigenvalue weighted by Gasteiger charge is -2.48. The number of hydrogen-bond acceptors (Lipinski definition) is 1. The largest absolute Gasteiger partial charge is 0.418 e. The van der Waals surface area contributed by atoms with Crippen molar-refractivity contribution in [2.24, 2.45) is 0 Å². The lowest BCUT2D eigenvalue weighted by atomic mass is 10.2. The van der Waals surface area contributed by atoms with E-state index in [0.717, 1.165) is 0 Å². The van der Waals surface area contributed by atoms with E-state index in [9.17, 15) is 0 Å². The zero-order valence-corrected chi connectivity index (χ0v) is 11.7. The van der Waals surface area contributed by atoms with Gasteiger partial charge < -0.3 is 4.43 Å². The maximum atomic E-state index is 6.13. The SMILES string of the molecule is CO[Si](CCl)(C(C)(C)C)C(C)(C)C. The third-order valence-corrected chi connectivity index (χ3v) is 10.0. The molecule has 0 N–H and O–H groups in total. The first kappa shape index (κ1) is 13.5. The van der Waals surface area contributed by atoms with E-state index in [-0.39, 0.29) is 10.1 Å². The van der Waals surface area contributed by atoms with Gasteiger partial charge in [0.05, 0.1) is 0 Å². The predicted molar refractivity (Wildman–Crippen MR) is 62.9 cm³/mol. The molecular formula is C10H23ClOSi. The highest BCUT2D eigenvalue weighted by atomic mass is 35.5. The number of rotatable bonds is 2. The van der Waals surface area contributed by atoms with E-state index >= 15 is 0 Å². The Labute approximate surface area is 88.9 Å². The molecule has 0 radical (unpaired) electrons. The van der Waals surface area contributed by atoms with Crippen LogP contribution in [0.5, 0.6) is 0 Å². The van der Waals surface area contributed by atoms with E-state index in [1.165, 1.54) is 0 Å². The Kier molecular flexibility index (Phi) is 4.05. The molecule has 0 saturated carbocycles. The molecule has 0 rings (SSSR count). The summed E-state index contributed by atoms with van der Waals surface area (Å²) in [6.07, 6.45) is 0. The molecule has 3 heteroatoms. The Balaban J connectivity index is 5.17. The minimum atomic E-state index is -1.88. The van der Waals surface area contributed by atoms with Gasteiger partial charge >= 0.3 is 0 Å². The van der Waals surface area contributed by atoms with Crippen LogP contribution in [0.25, 0.3) is 0 Å². The van der Waals surface area contributed by atoms with E-state index in [2.05, 4.69) is 41.5 Å². The van der Waals surface area contributed by atoms with Crippen LogP contribution in [0.2, 0.25) is 10.1 Å². The molecule has 0 aromatic carbocycles. The van der Waals surface area contributed by atoms with E-state index < -0.39 is 8.32 Å². The fourth-order valence-electron chi connectivity index (χ4n) is 2.19. The van der Waals surface area contributed by atoms with Gasteiger partial charge in [0.1, 0.15) is 0 Å². The van der Waals surface area contributed by atoms with Crippen LogP contribution < -0.4 is 0 Å². The van der Waals surface area contributed by atoms with Crippen LogP contribution in [0.4, 0.5) is 0 Å². The molecule has 0 amide bonds. The highest BCUT2D eigenvalue weighted by Crippen LogP contribution is 2.51. The van der Waals surface area contributed by atoms with Crippen LogP contribution in [0.15, 0.2) is 0 Å². The standard InChI is InChI=1S/C10H23ClOSi/c1-9(2,3)13(8-11,12-7)10(4,5)6/h8H2,1-7H3. The number of hydrogen-bond donors (Lipinski definition) is 0. The van der Waals surface area contributed by atoms with Crippen molar-refractivity contribution in [2.75, 3.05) is 12.6 Å². The van der Waals surface area contributed by atoms with Crippen molar-refractivity contribution >= 4 is 19.9 Å². The molecule has 1 nitrogen and oxygen atoms in total. The van der Waals surface area contributed by atoms with Gasteiger partial charge in [-0.25, -0.2) is 0 Å². The van der Waals surface area contributed by atoms with Crippen molar-refractivity contribution in [3.8, 4) is 0 Å². The number of alkyl halides is 1. The van der Waals surface area contributed by atoms with Crippen LogP contribution in [0, 0.1) is 0 Å². The lowest BCUT2D eigenvalue weighted by Crippen LogP contribution is -2.56. The molecule has 0 aliphatic carbocycles. The van der Waals surface area contributed by atoms with Crippen LogP contribution >= 0.6 is 11.6 Å². The summed E-state index contributed by atoms with van der Waals surface area (Å²) in [4.78, 5) is 0. The summed E-state index contributed by atoms with van der Waals surface area (Å²) in [5, 5.41) is 0.365. The van der Waals surface area contributed by atoms with Crippen molar-refractivity contribution in [3.63, 3.8) is 0 Å². The topological polar surface area (TPSA) is 9.23 Å². The van der Waals surface area contributed by atoms with Crippen LogP contribution in [-0.2, 0) is 4.43 Å². The van der Waals surface area contributed by atoms with Gasteiger partial charge in [-0.3, -0.25) is 0 Å². The van der Waals surface area contributed by atoms with Gasteiger partial charge in [-0.05, 0) is 10.1 Å². The minimum absolute atomic E-state index is 0.182. The van der Waals surface area contributed by atoms with Gasteiger partial charge in [0, 0.05) is 12.6 Å². The Bertz CT molecular complexity index is 147. The molecule has 0 saturated heterocycles. The van der Waals surface area contributed by atoms with Gasteiger partial charge in [0.2, 0.25) is 8.32 Å². The first-order valence-electron chi connectivity index (χ1n) is 4.73. The number of halogens is 1. The normalized spacial score (nSPS) is 14.8. The molecule has 13 heavy (non-hydrogen) atoms. The second-order valence-electron chi connectivity index (χ2n) is 5.66. The summed E-state index contributed by atoms with van der Waals surface area (Å²) in [7, 11) is -0.0706. The molecule has 0 unspecified atom stereocenters. The van der Waals surface area contributed by atoms with Gasteiger partial charge in [0.25, 0.3) is 0 Å². The second kappa shape index (κ2) is 3.91. The minimum Gasteiger partial charge on any atom is -0.418 e. The third-order valence-electron chi connectivity index (χ3n) is 2.96. The summed E-state index contributed by atoms with van der Waals surface area (Å²) in [6, 6.07) is 0. The summed E-state index contributed by atoms with van der Waals surface area (Å²) >= 11 is 6.13. The fourth-order valence-corrected chi connectivity index (χ4v) is 9.31. The molecule has 0 heterocycles. The lowest BCUT2D eigenvalue weighted by molar-refractivity contribution is 0.332. The van der Waals surface area contributed by atoms with Crippen LogP contribution in [0.1, 0.15) is 41.5 Å². The first-order valence-corrected chi connectivity index (χ1v) is 7.38. The smallest absolute Gasteiger partial charge is 0.217 e. The van der Waals surface area contributed by atoms with Crippen LogP contribution in [-0.4, -0.2) is 20.9 Å². The molecule has 80 valence electrons. The van der Waals surface area contributed by atoms with Crippen molar-refractivity contribution < 1.29 is 4.43 Å². The molecule has 0 atom stereocenters. The van der Waals surface area contributed by atoms with Crippen LogP contribution in [0.3, 0.4) is 0 Å². The Morgan fingerprint density at radius 1 is 1.00 bits per heavy atom. The fraction of sp³-hybridized carbons (Fsp3) is 1.00. The van der Waals surface area contributed by atoms with E-state index in [1.54, 1.807) is 0 Å². The predicted octanol–water partition coefficient (Wildman–Crippen LogP) is 3.96. The zero-order chi connectivity index (χ0) is 10.9. The zero-order valence-electron chi connectivity index (χ0n) is 9.99. The molecule has 0 fully saturated rings. The summed E-state index contributed by atoms with van der Waals surface area (Å²) < 4.78 is 5.82. The molecular weight excluding hydrogens is 200 g/mol. The molecule has 0 aromatic heterocycles. The van der Waals surface area contributed by atoms with Crippen molar-refractivity contribution in [3.05, 3.63) is 0 Å². The van der Waals surface area contributed by atoms with Crippen molar-refractivity contribution in [2.45, 2.75) is 51.6 Å². The van der Waals surface area contributed by atoms with E-state index in [4.69, 9.17) is 16.0 Å². The molecule has 0 spiro atoms. The molecule has 0 bridgehead atoms. The maximum Gasteiger partial charge on any atom is 0.217 e. The average Bonchev–Trinajstić information content (AvgIpc) is 1.84. The summed E-state index contributed by atoms with van der Waals surface area (Å²) in [6.45, 7) is 13.4. The Morgan fingerprint density at radius 2 is 1.31 bits per heavy atom. The highest BCUT2D eigenvalue weighted by molar-refractivity contribution is 6.84. The highest BCUT2D eigenvalue weighted by Gasteiger charge is 2.53.